The molecule has 21 heavy (non-hydrogen) atoms. The molecule has 0 aliphatic heterocycles. The molecule has 1 atom stereocenters. The Labute approximate surface area is 152 Å². The number of benzene rings is 2. The van der Waals surface area contributed by atoms with Gasteiger partial charge in [0.15, 0.2) is 0 Å². The lowest BCUT2D eigenvalue weighted by Gasteiger charge is -2.23. The van der Waals surface area contributed by atoms with Crippen molar-refractivity contribution in [3.63, 3.8) is 0 Å². The van der Waals surface area contributed by atoms with Crippen LogP contribution in [-0.2, 0) is 0 Å². The molecular formula is C16H16BrClINO. The van der Waals surface area contributed by atoms with E-state index in [9.17, 15) is 0 Å². The third kappa shape index (κ3) is 4.12. The predicted molar refractivity (Wildman–Crippen MR) is 100 cm³/mol. The zero-order valence-corrected chi connectivity index (χ0v) is 16.3. The zero-order chi connectivity index (χ0) is 15.4. The molecule has 112 valence electrons. The van der Waals surface area contributed by atoms with Gasteiger partial charge in [-0.2, -0.15) is 0 Å². The van der Waals surface area contributed by atoms with E-state index < -0.39 is 0 Å². The van der Waals surface area contributed by atoms with E-state index in [2.05, 4.69) is 56.8 Å². The summed E-state index contributed by atoms with van der Waals surface area (Å²) in [6.07, 6.45) is 0. The molecule has 0 saturated heterocycles. The lowest BCUT2D eigenvalue weighted by Crippen LogP contribution is -2.23. The highest BCUT2D eigenvalue weighted by atomic mass is 127. The van der Waals surface area contributed by atoms with E-state index in [-0.39, 0.29) is 6.04 Å². The van der Waals surface area contributed by atoms with E-state index >= 15 is 0 Å². The van der Waals surface area contributed by atoms with Crippen LogP contribution in [0.15, 0.2) is 40.9 Å². The van der Waals surface area contributed by atoms with Crippen LogP contribution in [0.4, 0.5) is 0 Å². The summed E-state index contributed by atoms with van der Waals surface area (Å²) in [6.45, 7) is 2.94. The third-order valence-corrected chi connectivity index (χ3v) is 4.89. The first-order chi connectivity index (χ1) is 10.1. The Hall–Kier alpha value is -0.300. The molecule has 1 unspecified atom stereocenters. The number of ether oxygens (including phenoxy) is 1. The van der Waals surface area contributed by atoms with Crippen molar-refractivity contribution in [2.45, 2.75) is 13.0 Å². The van der Waals surface area contributed by atoms with Gasteiger partial charge in [0, 0.05) is 18.6 Å². The van der Waals surface area contributed by atoms with E-state index in [4.69, 9.17) is 16.3 Å². The smallest absolute Gasteiger partial charge is 0.124 e. The molecule has 0 aliphatic rings. The van der Waals surface area contributed by atoms with Crippen molar-refractivity contribution < 1.29 is 4.74 Å². The SMILES string of the molecule is CCNC(c1cc(Cl)ccc1I)c1cc(Br)ccc1OC. The maximum absolute atomic E-state index is 6.18. The number of rotatable bonds is 5. The first kappa shape index (κ1) is 17.1. The topological polar surface area (TPSA) is 21.3 Å². The molecular weight excluding hydrogens is 464 g/mol. The molecule has 0 spiro atoms. The number of hydrogen-bond acceptors (Lipinski definition) is 2. The van der Waals surface area contributed by atoms with E-state index in [1.807, 2.05) is 30.3 Å². The molecule has 2 aromatic carbocycles. The standard InChI is InChI=1S/C16H16BrClINO/c1-3-20-16(12-9-11(18)5-6-14(12)19)13-8-10(17)4-7-15(13)21-2/h4-9,16,20H,3H2,1-2H3. The fraction of sp³-hybridized carbons (Fsp3) is 0.250. The molecule has 0 amide bonds. The summed E-state index contributed by atoms with van der Waals surface area (Å²) in [5.74, 6) is 0.861. The molecule has 0 bridgehead atoms. The largest absolute Gasteiger partial charge is 0.496 e. The Kier molecular flexibility index (Phi) is 6.34. The van der Waals surface area contributed by atoms with Crippen LogP contribution in [0.25, 0.3) is 0 Å². The van der Waals surface area contributed by atoms with Crippen molar-refractivity contribution in [3.05, 3.63) is 60.6 Å². The highest BCUT2D eigenvalue weighted by Gasteiger charge is 2.20. The second kappa shape index (κ2) is 7.81. The Balaban J connectivity index is 2.58. The van der Waals surface area contributed by atoms with Crippen molar-refractivity contribution in [3.8, 4) is 5.75 Å². The van der Waals surface area contributed by atoms with Gasteiger partial charge in [0.05, 0.1) is 13.2 Å². The van der Waals surface area contributed by atoms with Gasteiger partial charge in [-0.25, -0.2) is 0 Å². The minimum Gasteiger partial charge on any atom is -0.496 e. The molecule has 0 aromatic heterocycles. The van der Waals surface area contributed by atoms with Gasteiger partial charge in [-0.3, -0.25) is 0 Å². The Bertz CT molecular complexity index is 636. The van der Waals surface area contributed by atoms with Crippen LogP contribution in [0.5, 0.6) is 5.75 Å². The lowest BCUT2D eigenvalue weighted by molar-refractivity contribution is 0.404. The Morgan fingerprint density at radius 3 is 2.67 bits per heavy atom. The van der Waals surface area contributed by atoms with Crippen LogP contribution in [-0.4, -0.2) is 13.7 Å². The molecule has 0 fully saturated rings. The van der Waals surface area contributed by atoms with Crippen LogP contribution < -0.4 is 10.1 Å². The fourth-order valence-electron chi connectivity index (χ4n) is 2.26. The summed E-state index contributed by atoms with van der Waals surface area (Å²) in [7, 11) is 1.69. The van der Waals surface area contributed by atoms with Gasteiger partial charge in [0.25, 0.3) is 0 Å². The van der Waals surface area contributed by atoms with Gasteiger partial charge in [-0.1, -0.05) is 34.5 Å². The van der Waals surface area contributed by atoms with Gasteiger partial charge in [-0.15, -0.1) is 0 Å². The third-order valence-electron chi connectivity index (χ3n) is 3.18. The molecule has 0 aliphatic carbocycles. The molecule has 2 nitrogen and oxygen atoms in total. The highest BCUT2D eigenvalue weighted by molar-refractivity contribution is 14.1. The highest BCUT2D eigenvalue weighted by Crippen LogP contribution is 2.35. The number of nitrogens with one attached hydrogen (secondary N) is 1. The maximum Gasteiger partial charge on any atom is 0.124 e. The Morgan fingerprint density at radius 1 is 1.24 bits per heavy atom. The molecule has 0 saturated carbocycles. The second-order valence-electron chi connectivity index (χ2n) is 4.54. The van der Waals surface area contributed by atoms with Gasteiger partial charge in [-0.05, 0) is 71.1 Å². The molecule has 0 radical (unpaired) electrons. The summed E-state index contributed by atoms with van der Waals surface area (Å²) in [4.78, 5) is 0. The predicted octanol–water partition coefficient (Wildman–Crippen LogP) is 5.41. The van der Waals surface area contributed by atoms with E-state index in [0.29, 0.717) is 0 Å². The fourth-order valence-corrected chi connectivity index (χ4v) is 3.46. The zero-order valence-electron chi connectivity index (χ0n) is 11.8. The molecule has 1 N–H and O–H groups in total. The van der Waals surface area contributed by atoms with E-state index in [1.165, 1.54) is 3.57 Å². The minimum absolute atomic E-state index is 0.0352. The van der Waals surface area contributed by atoms with Crippen molar-refractivity contribution in [2.24, 2.45) is 0 Å². The molecule has 0 heterocycles. The van der Waals surface area contributed by atoms with Crippen LogP contribution in [0, 0.1) is 3.57 Å². The first-order valence-electron chi connectivity index (χ1n) is 6.58. The summed E-state index contributed by atoms with van der Waals surface area (Å²) in [5, 5.41) is 4.26. The van der Waals surface area contributed by atoms with Crippen molar-refractivity contribution >= 4 is 50.1 Å². The van der Waals surface area contributed by atoms with E-state index in [1.54, 1.807) is 7.11 Å². The molecule has 2 aromatic rings. The Morgan fingerprint density at radius 2 is 2.00 bits per heavy atom. The second-order valence-corrected chi connectivity index (χ2v) is 7.06. The van der Waals surface area contributed by atoms with Crippen molar-refractivity contribution in [1.82, 2.24) is 5.32 Å². The molecule has 5 heteroatoms. The minimum atomic E-state index is 0.0352. The first-order valence-corrected chi connectivity index (χ1v) is 8.83. The number of methoxy groups -OCH3 is 1. The average molecular weight is 481 g/mol. The van der Waals surface area contributed by atoms with Crippen molar-refractivity contribution in [2.75, 3.05) is 13.7 Å². The quantitative estimate of drug-likeness (QED) is 0.578. The average Bonchev–Trinajstić information content (AvgIpc) is 2.47. The molecule has 2 rings (SSSR count). The summed E-state index contributed by atoms with van der Waals surface area (Å²) in [6, 6.07) is 12.0. The summed E-state index contributed by atoms with van der Waals surface area (Å²) >= 11 is 12.1. The normalized spacial score (nSPS) is 12.2. The van der Waals surface area contributed by atoms with Crippen LogP contribution >= 0.6 is 50.1 Å². The van der Waals surface area contributed by atoms with E-state index in [0.717, 1.165) is 32.9 Å². The van der Waals surface area contributed by atoms with Crippen LogP contribution in [0.1, 0.15) is 24.1 Å². The summed E-state index contributed by atoms with van der Waals surface area (Å²) in [5.41, 5.74) is 2.25. The lowest BCUT2D eigenvalue weighted by atomic mass is 9.97. The monoisotopic (exact) mass is 479 g/mol. The van der Waals surface area contributed by atoms with Crippen LogP contribution in [0.3, 0.4) is 0 Å². The van der Waals surface area contributed by atoms with Crippen LogP contribution in [0.2, 0.25) is 5.02 Å². The van der Waals surface area contributed by atoms with Gasteiger partial charge < -0.3 is 10.1 Å². The summed E-state index contributed by atoms with van der Waals surface area (Å²) < 4.78 is 7.72. The maximum atomic E-state index is 6.18. The number of hydrogen-bond donors (Lipinski definition) is 1. The van der Waals surface area contributed by atoms with Gasteiger partial charge in [0.2, 0.25) is 0 Å². The van der Waals surface area contributed by atoms with Gasteiger partial charge in [0.1, 0.15) is 5.75 Å². The van der Waals surface area contributed by atoms with Gasteiger partial charge >= 0.3 is 0 Å². The van der Waals surface area contributed by atoms with Crippen molar-refractivity contribution in [1.29, 1.82) is 0 Å². The number of halogens is 3.